The summed E-state index contributed by atoms with van der Waals surface area (Å²) < 4.78 is 7.88. The van der Waals surface area contributed by atoms with Crippen molar-refractivity contribution in [1.82, 2.24) is 24.8 Å². The predicted molar refractivity (Wildman–Crippen MR) is 117 cm³/mol. The van der Waals surface area contributed by atoms with Gasteiger partial charge < -0.3 is 19.7 Å². The largest absolute Gasteiger partial charge is 0.463 e. The zero-order valence-corrected chi connectivity index (χ0v) is 18.4. The van der Waals surface area contributed by atoms with Crippen LogP contribution in [0.4, 0.5) is 0 Å². The molecule has 8 heteroatoms. The van der Waals surface area contributed by atoms with Crippen LogP contribution in [0.5, 0.6) is 6.01 Å². The maximum atomic E-state index is 10.9. The van der Waals surface area contributed by atoms with Gasteiger partial charge in [-0.1, -0.05) is 50.6 Å². The molecule has 0 radical (unpaired) electrons. The number of nitrogens with zero attached hydrogens (tertiary/aromatic N) is 4. The van der Waals surface area contributed by atoms with Crippen molar-refractivity contribution in [3.8, 4) is 6.01 Å². The lowest BCUT2D eigenvalue weighted by Gasteiger charge is -2.22. The minimum absolute atomic E-state index is 0.0239. The molecule has 0 spiro atoms. The minimum Gasteiger partial charge on any atom is -0.463 e. The molecule has 1 unspecified atom stereocenters. The Hall–Kier alpha value is -2.22. The van der Waals surface area contributed by atoms with Gasteiger partial charge in [-0.05, 0) is 30.0 Å². The van der Waals surface area contributed by atoms with Crippen molar-refractivity contribution >= 4 is 22.8 Å². The van der Waals surface area contributed by atoms with Gasteiger partial charge in [0.05, 0.1) is 30.8 Å². The maximum Gasteiger partial charge on any atom is 0.318 e. The van der Waals surface area contributed by atoms with Crippen LogP contribution in [0.2, 0.25) is 5.02 Å². The molecule has 1 saturated heterocycles. The molecule has 2 aromatic heterocycles. The van der Waals surface area contributed by atoms with Crippen LogP contribution in [0.25, 0.3) is 11.2 Å². The van der Waals surface area contributed by atoms with Gasteiger partial charge >= 0.3 is 6.01 Å². The lowest BCUT2D eigenvalue weighted by molar-refractivity contribution is 0.0609. The number of β-amino-alcohol motifs (C(OH)–C–C–N with tert-alkyl or cyclic N) is 1. The average Bonchev–Trinajstić information content (AvgIpc) is 3.28. The van der Waals surface area contributed by atoms with Gasteiger partial charge in [-0.3, -0.25) is 0 Å². The second kappa shape index (κ2) is 8.13. The molecule has 1 fully saturated rings. The molecule has 1 aliphatic heterocycles. The van der Waals surface area contributed by atoms with E-state index in [1.807, 2.05) is 28.8 Å². The Labute approximate surface area is 181 Å². The first-order valence-corrected chi connectivity index (χ1v) is 10.6. The molecule has 30 heavy (non-hydrogen) atoms. The summed E-state index contributed by atoms with van der Waals surface area (Å²) in [5, 5.41) is 14.8. The van der Waals surface area contributed by atoms with Gasteiger partial charge in [0.1, 0.15) is 5.52 Å². The number of rotatable bonds is 6. The van der Waals surface area contributed by atoms with Crippen LogP contribution in [-0.2, 0) is 13.0 Å². The number of aromatic nitrogens is 4. The van der Waals surface area contributed by atoms with E-state index in [0.29, 0.717) is 60.4 Å². The average molecular weight is 430 g/mol. The number of fused-ring (bicyclic) bond motifs is 1. The second-order valence-electron chi connectivity index (χ2n) is 9.27. The van der Waals surface area contributed by atoms with Crippen LogP contribution in [0.1, 0.15) is 38.4 Å². The van der Waals surface area contributed by atoms with Gasteiger partial charge in [0.25, 0.3) is 0 Å². The van der Waals surface area contributed by atoms with Crippen LogP contribution in [0, 0.1) is 5.41 Å². The van der Waals surface area contributed by atoms with Crippen molar-refractivity contribution < 1.29 is 9.84 Å². The molecule has 0 bridgehead atoms. The third-order valence-corrected chi connectivity index (χ3v) is 5.53. The highest BCUT2D eigenvalue weighted by atomic mass is 35.5. The maximum absolute atomic E-state index is 10.9. The summed E-state index contributed by atoms with van der Waals surface area (Å²) in [6.45, 7) is 8.65. The third-order valence-electron chi connectivity index (χ3n) is 5.17. The topological polar surface area (TPSA) is 85.1 Å². The Kier molecular flexibility index (Phi) is 5.70. The summed E-state index contributed by atoms with van der Waals surface area (Å²) in [6.07, 6.45) is 2.82. The van der Waals surface area contributed by atoms with E-state index in [-0.39, 0.29) is 5.41 Å². The Balaban J connectivity index is 1.73. The fourth-order valence-electron chi connectivity index (χ4n) is 3.57. The standard InChI is InChI=1S/C22H28ClN5O2/c1-21(2,3)13-30-20-26-17(10-22(29)8-9-24-12-22)18-19(27-20)28(14-25-18)11-15-6-4-5-7-16(15)23/h4-7,14,24,29H,8-13H2,1-3H3. The fraction of sp³-hybridized carbons (Fsp3) is 0.500. The molecule has 0 saturated carbocycles. The van der Waals surface area contributed by atoms with E-state index in [4.69, 9.17) is 16.3 Å². The number of aliphatic hydroxyl groups is 1. The van der Waals surface area contributed by atoms with Crippen LogP contribution >= 0.6 is 11.6 Å². The number of benzene rings is 1. The Morgan fingerprint density at radius 3 is 2.77 bits per heavy atom. The lowest BCUT2D eigenvalue weighted by Crippen LogP contribution is -2.34. The number of hydrogen-bond donors (Lipinski definition) is 2. The molecule has 4 rings (SSSR count). The zero-order valence-electron chi connectivity index (χ0n) is 17.7. The summed E-state index contributed by atoms with van der Waals surface area (Å²) in [7, 11) is 0. The monoisotopic (exact) mass is 429 g/mol. The van der Waals surface area contributed by atoms with Crippen molar-refractivity contribution in [2.24, 2.45) is 5.41 Å². The molecule has 160 valence electrons. The first-order valence-electron chi connectivity index (χ1n) is 10.2. The molecule has 1 atom stereocenters. The highest BCUT2D eigenvalue weighted by Crippen LogP contribution is 2.27. The summed E-state index contributed by atoms with van der Waals surface area (Å²) in [5.41, 5.74) is 2.19. The predicted octanol–water partition coefficient (Wildman–Crippen LogP) is 3.22. The molecule has 3 aromatic rings. The number of ether oxygens (including phenoxy) is 1. The van der Waals surface area contributed by atoms with Gasteiger partial charge in [0, 0.05) is 18.0 Å². The lowest BCUT2D eigenvalue weighted by atomic mass is 9.96. The van der Waals surface area contributed by atoms with Crippen LogP contribution in [0.15, 0.2) is 30.6 Å². The van der Waals surface area contributed by atoms with Crippen LogP contribution < -0.4 is 10.1 Å². The highest BCUT2D eigenvalue weighted by molar-refractivity contribution is 6.31. The summed E-state index contributed by atoms with van der Waals surface area (Å²) in [4.78, 5) is 13.9. The molecular weight excluding hydrogens is 402 g/mol. The molecule has 3 heterocycles. The van der Waals surface area contributed by atoms with Crippen LogP contribution in [0.3, 0.4) is 0 Å². The van der Waals surface area contributed by atoms with E-state index in [9.17, 15) is 5.11 Å². The fourth-order valence-corrected chi connectivity index (χ4v) is 3.76. The first-order chi connectivity index (χ1) is 14.2. The van der Waals surface area contributed by atoms with E-state index in [1.54, 1.807) is 6.33 Å². The van der Waals surface area contributed by atoms with E-state index < -0.39 is 5.60 Å². The zero-order chi connectivity index (χ0) is 21.4. The molecule has 0 aliphatic carbocycles. The number of nitrogens with one attached hydrogen (secondary N) is 1. The molecular formula is C22H28ClN5O2. The quantitative estimate of drug-likeness (QED) is 0.625. The molecule has 1 aliphatic rings. The van der Waals surface area contributed by atoms with Crippen molar-refractivity contribution in [3.63, 3.8) is 0 Å². The smallest absolute Gasteiger partial charge is 0.318 e. The number of halogens is 1. The Morgan fingerprint density at radius 1 is 1.27 bits per heavy atom. The minimum atomic E-state index is -0.838. The van der Waals surface area contributed by atoms with Gasteiger partial charge in [0.2, 0.25) is 0 Å². The SMILES string of the molecule is CC(C)(C)COc1nc(CC2(O)CCNC2)c2ncn(Cc3ccccc3Cl)c2n1. The number of hydrogen-bond acceptors (Lipinski definition) is 6. The van der Waals surface area contributed by atoms with Crippen LogP contribution in [-0.4, -0.2) is 49.9 Å². The van der Waals surface area contributed by atoms with Crippen molar-refractivity contribution in [1.29, 1.82) is 0 Å². The van der Waals surface area contributed by atoms with E-state index in [0.717, 1.165) is 12.1 Å². The van der Waals surface area contributed by atoms with E-state index in [1.165, 1.54) is 0 Å². The highest BCUT2D eigenvalue weighted by Gasteiger charge is 2.33. The number of imidazole rings is 1. The van der Waals surface area contributed by atoms with E-state index in [2.05, 4.69) is 41.0 Å². The van der Waals surface area contributed by atoms with Crippen molar-refractivity contribution in [3.05, 3.63) is 46.9 Å². The van der Waals surface area contributed by atoms with Crippen molar-refractivity contribution in [2.75, 3.05) is 19.7 Å². The van der Waals surface area contributed by atoms with Crippen molar-refractivity contribution in [2.45, 2.75) is 45.8 Å². The van der Waals surface area contributed by atoms with Gasteiger partial charge in [-0.25, -0.2) is 4.98 Å². The first kappa shape index (κ1) is 21.0. The van der Waals surface area contributed by atoms with Gasteiger partial charge in [-0.15, -0.1) is 0 Å². The summed E-state index contributed by atoms with van der Waals surface area (Å²) in [5.74, 6) is 0. The summed E-state index contributed by atoms with van der Waals surface area (Å²) >= 11 is 6.36. The van der Waals surface area contributed by atoms with Gasteiger partial charge in [0.15, 0.2) is 5.65 Å². The Bertz CT molecular complexity index is 1040. The third kappa shape index (κ3) is 4.74. The molecule has 0 amide bonds. The second-order valence-corrected chi connectivity index (χ2v) is 9.67. The van der Waals surface area contributed by atoms with E-state index >= 15 is 0 Å². The molecule has 1 aromatic carbocycles. The normalized spacial score (nSPS) is 19.5. The van der Waals surface area contributed by atoms with Gasteiger partial charge in [-0.2, -0.15) is 9.97 Å². The molecule has 7 nitrogen and oxygen atoms in total. The molecule has 2 N–H and O–H groups in total. The Morgan fingerprint density at radius 2 is 2.07 bits per heavy atom. The summed E-state index contributed by atoms with van der Waals surface area (Å²) in [6, 6.07) is 8.04.